The van der Waals surface area contributed by atoms with E-state index in [4.69, 9.17) is 16.0 Å². The van der Waals surface area contributed by atoms with Gasteiger partial charge in [-0.3, -0.25) is 14.2 Å². The summed E-state index contributed by atoms with van der Waals surface area (Å²) in [6.45, 7) is 3.19. The van der Waals surface area contributed by atoms with Crippen LogP contribution in [0.5, 0.6) is 5.88 Å². The molecule has 0 saturated heterocycles. The minimum atomic E-state index is -0.661. The van der Waals surface area contributed by atoms with E-state index in [1.807, 2.05) is 12.1 Å². The number of carbonyl (C=O) groups excluding carboxylic acids is 1. The molecule has 6 nitrogen and oxygen atoms in total. The lowest BCUT2D eigenvalue weighted by Gasteiger charge is -2.15. The van der Waals surface area contributed by atoms with Gasteiger partial charge in [0.25, 0.3) is 5.56 Å². The Labute approximate surface area is 182 Å². The van der Waals surface area contributed by atoms with Crippen LogP contribution >= 0.6 is 11.6 Å². The Morgan fingerprint density at radius 2 is 1.87 bits per heavy atom. The third-order valence-electron chi connectivity index (χ3n) is 5.32. The molecular weight excluding hydrogens is 416 g/mol. The molecule has 4 aromatic rings. The van der Waals surface area contributed by atoms with Gasteiger partial charge in [0.2, 0.25) is 11.7 Å². The van der Waals surface area contributed by atoms with Crippen molar-refractivity contribution in [2.45, 2.75) is 20.4 Å². The van der Waals surface area contributed by atoms with Gasteiger partial charge < -0.3 is 9.52 Å². The highest BCUT2D eigenvalue weighted by molar-refractivity contribution is 6.31. The molecule has 0 amide bonds. The molecule has 2 heterocycles. The van der Waals surface area contributed by atoms with Crippen LogP contribution in [0.25, 0.3) is 11.0 Å². The van der Waals surface area contributed by atoms with Gasteiger partial charge >= 0.3 is 0 Å². The Morgan fingerprint density at radius 3 is 2.55 bits per heavy atom. The third-order valence-corrected chi connectivity index (χ3v) is 5.55. The number of fused-ring (bicyclic) bond motifs is 1. The highest BCUT2D eigenvalue weighted by Crippen LogP contribution is 2.32. The molecular formula is C24H17ClN2O4. The number of pyridine rings is 1. The summed E-state index contributed by atoms with van der Waals surface area (Å²) < 4.78 is 6.78. The van der Waals surface area contributed by atoms with Crippen LogP contribution in [0.3, 0.4) is 0 Å². The second kappa shape index (κ2) is 7.78. The third kappa shape index (κ3) is 3.39. The molecule has 154 valence electrons. The average Bonchev–Trinajstić information content (AvgIpc) is 3.08. The van der Waals surface area contributed by atoms with Crippen molar-refractivity contribution in [1.82, 2.24) is 4.57 Å². The van der Waals surface area contributed by atoms with E-state index in [1.54, 1.807) is 49.4 Å². The molecule has 0 unspecified atom stereocenters. The van der Waals surface area contributed by atoms with Crippen molar-refractivity contribution < 1.29 is 14.3 Å². The van der Waals surface area contributed by atoms with Gasteiger partial charge in [0.15, 0.2) is 5.76 Å². The number of aromatic nitrogens is 1. The van der Waals surface area contributed by atoms with Crippen molar-refractivity contribution in [3.63, 3.8) is 0 Å². The number of rotatable bonds is 4. The van der Waals surface area contributed by atoms with Crippen molar-refractivity contribution in [3.05, 3.63) is 97.5 Å². The first-order valence-corrected chi connectivity index (χ1v) is 9.85. The molecule has 31 heavy (non-hydrogen) atoms. The van der Waals surface area contributed by atoms with Crippen LogP contribution < -0.4 is 5.56 Å². The number of carbonyl (C=O) groups is 1. The molecule has 1 N–H and O–H groups in total. The number of nitrogens with zero attached hydrogens (tertiary/aromatic N) is 2. The van der Waals surface area contributed by atoms with E-state index in [0.29, 0.717) is 21.6 Å². The van der Waals surface area contributed by atoms with Crippen LogP contribution in [0.15, 0.2) is 57.7 Å². The van der Waals surface area contributed by atoms with Gasteiger partial charge in [0, 0.05) is 16.0 Å². The zero-order valence-electron chi connectivity index (χ0n) is 16.8. The number of ketones is 1. The molecule has 0 spiro atoms. The first-order chi connectivity index (χ1) is 14.8. The molecule has 4 rings (SSSR count). The minimum absolute atomic E-state index is 0.00939. The van der Waals surface area contributed by atoms with Crippen molar-refractivity contribution in [3.8, 4) is 11.9 Å². The monoisotopic (exact) mass is 432 g/mol. The Morgan fingerprint density at radius 1 is 1.16 bits per heavy atom. The normalized spacial score (nSPS) is 10.9. The second-order valence-corrected chi connectivity index (χ2v) is 7.65. The summed E-state index contributed by atoms with van der Waals surface area (Å²) in [6.07, 6.45) is 0. The number of hydrogen-bond donors (Lipinski definition) is 1. The van der Waals surface area contributed by atoms with E-state index < -0.39 is 17.2 Å². The summed E-state index contributed by atoms with van der Waals surface area (Å²) in [5.41, 5.74) is 0.874. The summed E-state index contributed by atoms with van der Waals surface area (Å²) in [7, 11) is 0. The smallest absolute Gasteiger partial charge is 0.271 e. The Kier molecular flexibility index (Phi) is 5.14. The lowest BCUT2D eigenvalue weighted by atomic mass is 9.98. The van der Waals surface area contributed by atoms with Gasteiger partial charge in [0.05, 0.1) is 12.1 Å². The van der Waals surface area contributed by atoms with E-state index in [2.05, 4.69) is 0 Å². The standard InChI is InChI=1S/C24H17ClN2O4/c1-13-18(11-26)23(29)27(12-15-6-4-3-5-7-15)24(30)20(13)21(28)22-14(2)17-10-16(25)8-9-19(17)31-22/h3-10,30H,12H2,1-2H3. The quantitative estimate of drug-likeness (QED) is 0.470. The van der Waals surface area contributed by atoms with Gasteiger partial charge in [-0.15, -0.1) is 0 Å². The number of aryl methyl sites for hydroxylation is 1. The summed E-state index contributed by atoms with van der Waals surface area (Å²) in [5.74, 6) is -1.10. The maximum absolute atomic E-state index is 13.4. The lowest BCUT2D eigenvalue weighted by Crippen LogP contribution is -2.27. The molecule has 0 saturated carbocycles. The molecule has 7 heteroatoms. The lowest BCUT2D eigenvalue weighted by molar-refractivity contribution is 0.101. The van der Waals surface area contributed by atoms with Gasteiger partial charge in [-0.05, 0) is 43.2 Å². The maximum Gasteiger partial charge on any atom is 0.271 e. The first kappa shape index (κ1) is 20.5. The molecule has 2 aromatic carbocycles. The number of hydrogen-bond acceptors (Lipinski definition) is 5. The van der Waals surface area contributed by atoms with E-state index in [-0.39, 0.29) is 29.0 Å². The van der Waals surface area contributed by atoms with Crippen LogP contribution in [0, 0.1) is 25.2 Å². The average molecular weight is 433 g/mol. The maximum atomic E-state index is 13.4. The first-order valence-electron chi connectivity index (χ1n) is 9.47. The number of aromatic hydroxyl groups is 1. The van der Waals surface area contributed by atoms with E-state index >= 15 is 0 Å². The van der Waals surface area contributed by atoms with Crippen molar-refractivity contribution in [2.24, 2.45) is 0 Å². The highest BCUT2D eigenvalue weighted by atomic mass is 35.5. The van der Waals surface area contributed by atoms with Crippen LogP contribution in [-0.2, 0) is 6.54 Å². The predicted octanol–water partition coefficient (Wildman–Crippen LogP) is 4.72. The van der Waals surface area contributed by atoms with Crippen molar-refractivity contribution in [1.29, 1.82) is 5.26 Å². The molecule has 0 bridgehead atoms. The van der Waals surface area contributed by atoms with Crippen LogP contribution in [0.2, 0.25) is 5.02 Å². The fourth-order valence-corrected chi connectivity index (χ4v) is 3.83. The number of halogens is 1. The van der Waals surface area contributed by atoms with Crippen molar-refractivity contribution >= 4 is 28.4 Å². The zero-order valence-corrected chi connectivity index (χ0v) is 17.5. The van der Waals surface area contributed by atoms with E-state index in [9.17, 15) is 20.0 Å². The summed E-state index contributed by atoms with van der Waals surface area (Å²) in [5, 5.41) is 21.7. The van der Waals surface area contributed by atoms with Crippen molar-refractivity contribution in [2.75, 3.05) is 0 Å². The van der Waals surface area contributed by atoms with Crippen LogP contribution in [0.1, 0.15) is 38.4 Å². The SMILES string of the molecule is Cc1c(C(=O)c2oc3ccc(Cl)cc3c2C)c(O)n(Cc2ccccc2)c(=O)c1C#N. The van der Waals surface area contributed by atoms with E-state index in [0.717, 1.165) is 10.1 Å². The second-order valence-electron chi connectivity index (χ2n) is 7.21. The Hall–Kier alpha value is -3.82. The largest absolute Gasteiger partial charge is 0.494 e. The molecule has 0 aliphatic heterocycles. The van der Waals surface area contributed by atoms with Gasteiger partial charge in [0.1, 0.15) is 17.2 Å². The molecule has 2 aromatic heterocycles. The fraction of sp³-hybridized carbons (Fsp3) is 0.125. The van der Waals surface area contributed by atoms with Crippen LogP contribution in [-0.4, -0.2) is 15.5 Å². The number of furan rings is 1. The Bertz CT molecular complexity index is 1440. The number of benzene rings is 2. The summed E-state index contributed by atoms with van der Waals surface area (Å²) in [6, 6.07) is 15.9. The Balaban J connectivity index is 1.93. The molecule has 0 fully saturated rings. The summed E-state index contributed by atoms with van der Waals surface area (Å²) >= 11 is 6.06. The fourth-order valence-electron chi connectivity index (χ4n) is 3.66. The topological polar surface area (TPSA) is 96.2 Å². The van der Waals surface area contributed by atoms with Gasteiger partial charge in [-0.1, -0.05) is 41.9 Å². The van der Waals surface area contributed by atoms with Gasteiger partial charge in [-0.25, -0.2) is 0 Å². The zero-order chi connectivity index (χ0) is 22.3. The number of nitriles is 1. The minimum Gasteiger partial charge on any atom is -0.494 e. The molecule has 0 aliphatic rings. The predicted molar refractivity (Wildman–Crippen MR) is 117 cm³/mol. The van der Waals surface area contributed by atoms with E-state index in [1.165, 1.54) is 6.92 Å². The highest BCUT2D eigenvalue weighted by Gasteiger charge is 2.28. The molecule has 0 atom stereocenters. The summed E-state index contributed by atoms with van der Waals surface area (Å²) in [4.78, 5) is 26.3. The molecule has 0 radical (unpaired) electrons. The van der Waals surface area contributed by atoms with Gasteiger partial charge in [-0.2, -0.15) is 5.26 Å². The van der Waals surface area contributed by atoms with Crippen LogP contribution in [0.4, 0.5) is 0 Å². The molecule has 0 aliphatic carbocycles.